The minimum atomic E-state index is -1.01. The maximum Gasteiger partial charge on any atom is 0.364 e. The number of esters is 2. The molecule has 0 aliphatic rings. The molecule has 1 aromatic heterocycles. The molecule has 0 fully saturated rings. The van der Waals surface area contributed by atoms with E-state index in [-0.39, 0.29) is 35.7 Å². The number of carbonyl (C=O) groups is 2. The molecule has 0 unspecified atom stereocenters. The van der Waals surface area contributed by atoms with E-state index < -0.39 is 34.1 Å². The zero-order valence-electron chi connectivity index (χ0n) is 14.5. The van der Waals surface area contributed by atoms with E-state index in [0.717, 1.165) is 18.2 Å². The third-order valence-corrected chi connectivity index (χ3v) is 3.46. The van der Waals surface area contributed by atoms with Crippen molar-refractivity contribution in [2.45, 2.75) is 13.8 Å². The molecule has 0 saturated carbocycles. The van der Waals surface area contributed by atoms with Crippen LogP contribution >= 0.6 is 0 Å². The Morgan fingerprint density at radius 2 is 1.81 bits per heavy atom. The molecule has 9 nitrogen and oxygen atoms in total. The van der Waals surface area contributed by atoms with Gasteiger partial charge in [-0.25, -0.2) is 19.0 Å². The average molecular weight is 377 g/mol. The van der Waals surface area contributed by atoms with Crippen LogP contribution in [0.4, 0.5) is 15.8 Å². The van der Waals surface area contributed by atoms with Crippen LogP contribution in [0.2, 0.25) is 0 Å². The highest BCUT2D eigenvalue weighted by Gasteiger charge is 2.25. The molecule has 27 heavy (non-hydrogen) atoms. The van der Waals surface area contributed by atoms with Gasteiger partial charge < -0.3 is 15.2 Å². The van der Waals surface area contributed by atoms with Crippen molar-refractivity contribution in [1.29, 1.82) is 0 Å². The Morgan fingerprint density at radius 3 is 2.41 bits per heavy atom. The largest absolute Gasteiger partial charge is 0.462 e. The second-order valence-electron chi connectivity index (χ2n) is 5.18. The molecule has 0 spiro atoms. The Hall–Kier alpha value is -3.56. The van der Waals surface area contributed by atoms with Crippen molar-refractivity contribution in [2.75, 3.05) is 18.9 Å². The van der Waals surface area contributed by atoms with Gasteiger partial charge in [-0.3, -0.25) is 10.1 Å². The van der Waals surface area contributed by atoms with Gasteiger partial charge in [-0.1, -0.05) is 0 Å². The number of hydrogen-bond acceptors (Lipinski definition) is 8. The molecule has 2 N–H and O–H groups in total. The molecule has 0 amide bonds. The summed E-state index contributed by atoms with van der Waals surface area (Å²) in [6.07, 6.45) is 0. The molecule has 0 aliphatic carbocycles. The number of benzene rings is 1. The third kappa shape index (κ3) is 4.17. The van der Waals surface area contributed by atoms with E-state index in [1.807, 2.05) is 0 Å². The second-order valence-corrected chi connectivity index (χ2v) is 5.18. The maximum atomic E-state index is 14.0. The predicted octanol–water partition coefficient (Wildman–Crippen LogP) is 2.73. The van der Waals surface area contributed by atoms with E-state index >= 15 is 0 Å². The SMILES string of the molecule is CCOC(=O)c1cc(F)cc(-c2ccc([N+](=O)[O-])c(C(=O)OCC)n2)c1N. The smallest absolute Gasteiger partial charge is 0.364 e. The number of nitro groups is 1. The van der Waals surface area contributed by atoms with Crippen molar-refractivity contribution in [1.82, 2.24) is 4.98 Å². The molecule has 0 atom stereocenters. The molecule has 0 radical (unpaired) electrons. The summed E-state index contributed by atoms with van der Waals surface area (Å²) in [6, 6.07) is 4.14. The lowest BCUT2D eigenvalue weighted by Gasteiger charge is -2.11. The number of ether oxygens (including phenoxy) is 2. The molecule has 1 heterocycles. The van der Waals surface area contributed by atoms with Crippen molar-refractivity contribution < 1.29 is 28.4 Å². The van der Waals surface area contributed by atoms with Crippen LogP contribution in [0.5, 0.6) is 0 Å². The third-order valence-electron chi connectivity index (χ3n) is 3.46. The number of rotatable bonds is 6. The van der Waals surface area contributed by atoms with Crippen LogP contribution in [-0.4, -0.2) is 35.1 Å². The summed E-state index contributed by atoms with van der Waals surface area (Å²) < 4.78 is 23.6. The molecule has 142 valence electrons. The van der Waals surface area contributed by atoms with Crippen LogP contribution in [0.15, 0.2) is 24.3 Å². The van der Waals surface area contributed by atoms with Crippen LogP contribution in [0.25, 0.3) is 11.3 Å². The Morgan fingerprint density at radius 1 is 1.19 bits per heavy atom. The fraction of sp³-hybridized carbons (Fsp3) is 0.235. The van der Waals surface area contributed by atoms with Gasteiger partial charge >= 0.3 is 17.6 Å². The van der Waals surface area contributed by atoms with E-state index in [9.17, 15) is 24.1 Å². The predicted molar refractivity (Wildman–Crippen MR) is 92.6 cm³/mol. The highest BCUT2D eigenvalue weighted by atomic mass is 19.1. The van der Waals surface area contributed by atoms with Crippen LogP contribution in [0.3, 0.4) is 0 Å². The lowest BCUT2D eigenvalue weighted by Crippen LogP contribution is -2.12. The van der Waals surface area contributed by atoms with Gasteiger partial charge in [-0.2, -0.15) is 0 Å². The highest BCUT2D eigenvalue weighted by molar-refractivity contribution is 5.99. The molecule has 0 saturated heterocycles. The van der Waals surface area contributed by atoms with E-state index in [4.69, 9.17) is 15.2 Å². The lowest BCUT2D eigenvalue weighted by atomic mass is 10.0. The molecule has 1 aromatic carbocycles. The first kappa shape index (κ1) is 19.8. The second kappa shape index (κ2) is 8.21. The van der Waals surface area contributed by atoms with Gasteiger partial charge in [0.1, 0.15) is 5.82 Å². The first-order valence-corrected chi connectivity index (χ1v) is 7.89. The number of nitrogen functional groups attached to an aromatic ring is 1. The van der Waals surface area contributed by atoms with Crippen molar-refractivity contribution in [3.63, 3.8) is 0 Å². The first-order valence-electron chi connectivity index (χ1n) is 7.89. The summed E-state index contributed by atoms with van der Waals surface area (Å²) >= 11 is 0. The standard InChI is InChI=1S/C17H16FN3O6/c1-3-26-16(22)11-8-9(18)7-10(14(11)19)12-5-6-13(21(24)25)15(20-12)17(23)27-4-2/h5-8H,3-4,19H2,1-2H3. The Kier molecular flexibility index (Phi) is 6.01. The van der Waals surface area contributed by atoms with Crippen LogP contribution in [0, 0.1) is 15.9 Å². The zero-order chi connectivity index (χ0) is 20.1. The lowest BCUT2D eigenvalue weighted by molar-refractivity contribution is -0.385. The number of pyridine rings is 1. The number of carbonyl (C=O) groups excluding carboxylic acids is 2. The van der Waals surface area contributed by atoms with Gasteiger partial charge in [0.2, 0.25) is 5.69 Å². The summed E-state index contributed by atoms with van der Waals surface area (Å²) in [7, 11) is 0. The van der Waals surface area contributed by atoms with E-state index in [0.29, 0.717) is 0 Å². The van der Waals surface area contributed by atoms with Gasteiger partial charge in [0.25, 0.3) is 0 Å². The highest BCUT2D eigenvalue weighted by Crippen LogP contribution is 2.31. The molecular weight excluding hydrogens is 361 g/mol. The number of aromatic nitrogens is 1. The summed E-state index contributed by atoms with van der Waals surface area (Å²) in [5.41, 5.74) is 4.41. The summed E-state index contributed by atoms with van der Waals surface area (Å²) in [6.45, 7) is 3.16. The van der Waals surface area contributed by atoms with Gasteiger partial charge in [0.05, 0.1) is 35.1 Å². The molecule has 2 rings (SSSR count). The summed E-state index contributed by atoms with van der Waals surface area (Å²) in [5.74, 6) is -2.63. The number of anilines is 1. The molecule has 0 aliphatic heterocycles. The summed E-state index contributed by atoms with van der Waals surface area (Å²) in [4.78, 5) is 38.2. The monoisotopic (exact) mass is 377 g/mol. The van der Waals surface area contributed by atoms with Crippen molar-refractivity contribution in [3.8, 4) is 11.3 Å². The minimum absolute atomic E-state index is 0.0153. The number of hydrogen-bond donors (Lipinski definition) is 1. The molecular formula is C17H16FN3O6. The van der Waals surface area contributed by atoms with Crippen LogP contribution < -0.4 is 5.73 Å². The normalized spacial score (nSPS) is 10.3. The van der Waals surface area contributed by atoms with Crippen molar-refractivity contribution >= 4 is 23.3 Å². The molecule has 10 heteroatoms. The van der Waals surface area contributed by atoms with E-state index in [1.54, 1.807) is 6.92 Å². The first-order chi connectivity index (χ1) is 12.8. The Bertz CT molecular complexity index is 916. The maximum absolute atomic E-state index is 14.0. The number of nitrogens with zero attached hydrogens (tertiary/aromatic N) is 2. The van der Waals surface area contributed by atoms with Gasteiger partial charge in [0, 0.05) is 11.6 Å². The van der Waals surface area contributed by atoms with Crippen molar-refractivity contribution in [2.24, 2.45) is 0 Å². The Labute approximate surface area is 153 Å². The van der Waals surface area contributed by atoms with Crippen molar-refractivity contribution in [3.05, 3.63) is 51.5 Å². The average Bonchev–Trinajstić information content (AvgIpc) is 2.63. The van der Waals surface area contributed by atoms with E-state index in [1.165, 1.54) is 13.0 Å². The quantitative estimate of drug-likeness (QED) is 0.351. The minimum Gasteiger partial charge on any atom is -0.462 e. The Balaban J connectivity index is 2.65. The van der Waals surface area contributed by atoms with Crippen LogP contribution in [0.1, 0.15) is 34.7 Å². The summed E-state index contributed by atoms with van der Waals surface area (Å²) in [5, 5.41) is 11.1. The topological polar surface area (TPSA) is 135 Å². The number of halogens is 1. The molecule has 2 aromatic rings. The fourth-order valence-electron chi connectivity index (χ4n) is 2.31. The van der Waals surface area contributed by atoms with Gasteiger partial charge in [-0.05, 0) is 32.0 Å². The van der Waals surface area contributed by atoms with E-state index in [2.05, 4.69) is 4.98 Å². The van der Waals surface area contributed by atoms with Crippen LogP contribution in [-0.2, 0) is 9.47 Å². The number of nitrogens with two attached hydrogens (primary N) is 1. The fourth-order valence-corrected chi connectivity index (χ4v) is 2.31. The zero-order valence-corrected chi connectivity index (χ0v) is 14.5. The van der Waals surface area contributed by atoms with Gasteiger partial charge in [-0.15, -0.1) is 0 Å². The van der Waals surface area contributed by atoms with Gasteiger partial charge in [0.15, 0.2) is 0 Å². The molecule has 0 bridgehead atoms.